The van der Waals surface area contributed by atoms with Crippen LogP contribution < -0.4 is 16.2 Å². The zero-order valence-electron chi connectivity index (χ0n) is 19.7. The Labute approximate surface area is 208 Å². The van der Waals surface area contributed by atoms with E-state index in [0.29, 0.717) is 28.9 Å². The Kier molecular flexibility index (Phi) is 5.90. The summed E-state index contributed by atoms with van der Waals surface area (Å²) in [6.07, 6.45) is -1.47. The lowest BCUT2D eigenvalue weighted by Gasteiger charge is -2.17. The van der Waals surface area contributed by atoms with Gasteiger partial charge in [0, 0.05) is 35.4 Å². The summed E-state index contributed by atoms with van der Waals surface area (Å²) in [6.45, 7) is 2.26. The van der Waals surface area contributed by atoms with E-state index >= 15 is 0 Å². The van der Waals surface area contributed by atoms with Crippen molar-refractivity contribution in [2.24, 2.45) is 7.05 Å². The number of carbonyl (C=O) groups excluding carboxylic acids is 1. The van der Waals surface area contributed by atoms with Gasteiger partial charge in [-0.05, 0) is 48.9 Å². The van der Waals surface area contributed by atoms with Crippen molar-refractivity contribution in [3.8, 4) is 11.3 Å². The topological polar surface area (TPSA) is 98.1 Å². The minimum absolute atomic E-state index is 0.124. The van der Waals surface area contributed by atoms with Crippen molar-refractivity contribution in [1.82, 2.24) is 14.5 Å². The van der Waals surface area contributed by atoms with E-state index in [-0.39, 0.29) is 22.6 Å². The summed E-state index contributed by atoms with van der Waals surface area (Å²) in [6, 6.07) is 11.0. The van der Waals surface area contributed by atoms with Gasteiger partial charge >= 0.3 is 6.18 Å². The summed E-state index contributed by atoms with van der Waals surface area (Å²) in [4.78, 5) is 34.5. The number of aromatic nitrogens is 3. The number of halogens is 3. The number of nitrogens with one attached hydrogen (secondary N) is 2. The number of ether oxygens (including phenoxy) is 1. The minimum atomic E-state index is -4.56. The molecule has 0 saturated heterocycles. The van der Waals surface area contributed by atoms with Crippen LogP contribution >= 0.6 is 0 Å². The molecule has 2 aromatic carbocycles. The van der Waals surface area contributed by atoms with Gasteiger partial charge in [-0.1, -0.05) is 12.1 Å². The lowest BCUT2D eigenvalue weighted by molar-refractivity contribution is -0.137. The molecule has 0 aliphatic carbocycles. The highest BCUT2D eigenvalue weighted by atomic mass is 19.4. The molecule has 4 aromatic rings. The quantitative estimate of drug-likeness (QED) is 0.401. The molecule has 8 nitrogen and oxygen atoms in total. The fourth-order valence-electron chi connectivity index (χ4n) is 3.89. The second kappa shape index (κ2) is 9.08. The third kappa shape index (κ3) is 4.75. The smallest absolute Gasteiger partial charge is 0.416 e. The number of anilines is 2. The molecule has 11 heteroatoms. The van der Waals surface area contributed by atoms with E-state index in [2.05, 4.69) is 20.6 Å². The molecular weight excluding hydrogens is 487 g/mol. The average molecular weight is 507 g/mol. The van der Waals surface area contributed by atoms with Crippen molar-refractivity contribution >= 4 is 28.4 Å². The van der Waals surface area contributed by atoms with Crippen molar-refractivity contribution in [3.63, 3.8) is 0 Å². The predicted molar refractivity (Wildman–Crippen MR) is 132 cm³/mol. The SMILES string of the molecule is Cc1ccc(NC(=O)c2cccc(C(F)(F)F)c2)cc1-c1cc2cnc(NC3=COC3)nc2c(=O)n1C. The lowest BCUT2D eigenvalue weighted by atomic mass is 10.0. The highest BCUT2D eigenvalue weighted by Gasteiger charge is 2.31. The summed E-state index contributed by atoms with van der Waals surface area (Å²) in [5.74, 6) is -0.406. The van der Waals surface area contributed by atoms with Crippen molar-refractivity contribution in [1.29, 1.82) is 0 Å². The Morgan fingerprint density at radius 3 is 2.62 bits per heavy atom. The predicted octanol–water partition coefficient (Wildman–Crippen LogP) is 4.86. The first-order valence-corrected chi connectivity index (χ1v) is 11.1. The van der Waals surface area contributed by atoms with Crippen LogP contribution in [0.15, 0.2) is 71.5 Å². The number of pyridine rings is 1. The Hall–Kier alpha value is -4.67. The lowest BCUT2D eigenvalue weighted by Crippen LogP contribution is -2.21. The molecule has 0 saturated carbocycles. The van der Waals surface area contributed by atoms with Gasteiger partial charge in [0.1, 0.15) is 18.4 Å². The van der Waals surface area contributed by atoms with Gasteiger partial charge in [0.15, 0.2) is 0 Å². The monoisotopic (exact) mass is 507 g/mol. The van der Waals surface area contributed by atoms with Crippen molar-refractivity contribution < 1.29 is 22.7 Å². The molecule has 0 unspecified atom stereocenters. The van der Waals surface area contributed by atoms with Crippen molar-refractivity contribution in [3.05, 3.63) is 93.7 Å². The number of alkyl halides is 3. The van der Waals surface area contributed by atoms with Gasteiger partial charge in [0.25, 0.3) is 11.5 Å². The van der Waals surface area contributed by atoms with Crippen molar-refractivity contribution in [2.75, 3.05) is 17.2 Å². The minimum Gasteiger partial charge on any atom is -0.493 e. The third-order valence-corrected chi connectivity index (χ3v) is 5.94. The molecule has 188 valence electrons. The molecule has 0 fully saturated rings. The molecule has 1 amide bonds. The van der Waals surface area contributed by atoms with Crippen LogP contribution in [-0.4, -0.2) is 27.0 Å². The fraction of sp³-hybridized carbons (Fsp3) is 0.154. The number of hydrogen-bond donors (Lipinski definition) is 2. The zero-order valence-corrected chi connectivity index (χ0v) is 19.7. The normalized spacial score (nSPS) is 12.9. The number of rotatable bonds is 5. The molecule has 2 aromatic heterocycles. The van der Waals surface area contributed by atoms with Gasteiger partial charge in [-0.2, -0.15) is 13.2 Å². The van der Waals surface area contributed by atoms with Crippen LogP contribution in [0.3, 0.4) is 0 Å². The molecule has 0 atom stereocenters. The Morgan fingerprint density at radius 1 is 1.14 bits per heavy atom. The highest BCUT2D eigenvalue weighted by molar-refractivity contribution is 6.04. The maximum absolute atomic E-state index is 13.2. The molecule has 3 heterocycles. The van der Waals surface area contributed by atoms with E-state index < -0.39 is 17.6 Å². The number of hydrogen-bond acceptors (Lipinski definition) is 6. The maximum Gasteiger partial charge on any atom is 0.416 e. The number of benzene rings is 2. The van der Waals surface area contributed by atoms with Crippen LogP contribution in [0.4, 0.5) is 24.8 Å². The fourth-order valence-corrected chi connectivity index (χ4v) is 3.89. The van der Waals surface area contributed by atoms with Gasteiger partial charge in [-0.15, -0.1) is 0 Å². The first-order valence-electron chi connectivity index (χ1n) is 11.1. The molecule has 2 N–H and O–H groups in total. The van der Waals surface area contributed by atoms with Crippen molar-refractivity contribution in [2.45, 2.75) is 13.1 Å². The first-order chi connectivity index (χ1) is 17.6. The van der Waals surface area contributed by atoms with Gasteiger partial charge in [0.05, 0.1) is 17.0 Å². The molecular formula is C26H20F3N5O3. The van der Waals surface area contributed by atoms with Gasteiger partial charge in [-0.3, -0.25) is 9.59 Å². The number of nitrogens with zero attached hydrogens (tertiary/aromatic N) is 3. The average Bonchev–Trinajstić information content (AvgIpc) is 2.84. The Bertz CT molecular complexity index is 1640. The number of carbonyl (C=O) groups is 1. The molecule has 1 aliphatic heterocycles. The molecule has 1 aliphatic rings. The molecule has 0 bridgehead atoms. The molecule has 37 heavy (non-hydrogen) atoms. The first kappa shape index (κ1) is 24.0. The van der Waals surface area contributed by atoms with E-state index in [1.165, 1.54) is 23.0 Å². The number of fused-ring (bicyclic) bond motifs is 1. The number of amides is 1. The summed E-state index contributed by atoms with van der Waals surface area (Å²) in [7, 11) is 1.61. The van der Waals surface area contributed by atoms with E-state index in [1.54, 1.807) is 37.5 Å². The standard InChI is InChI=1S/C26H20F3N5O3/c1-14-6-7-18(31-23(35)15-4-3-5-17(8-15)26(27,28)29)10-20(14)21-9-16-11-30-25(32-19-12-37-13-19)33-22(16)24(36)34(21)2/h3-12H,13H2,1-2H3,(H,31,35)(H,30,32,33). The Balaban J connectivity index is 1.48. The van der Waals surface area contributed by atoms with Crippen LogP contribution in [-0.2, 0) is 18.0 Å². The summed E-state index contributed by atoms with van der Waals surface area (Å²) in [5.41, 5.74) is 2.06. The maximum atomic E-state index is 13.2. The van der Waals surface area contributed by atoms with Crippen LogP contribution in [0.25, 0.3) is 22.2 Å². The molecule has 0 radical (unpaired) electrons. The molecule has 5 rings (SSSR count). The second-order valence-corrected chi connectivity index (χ2v) is 8.53. The summed E-state index contributed by atoms with van der Waals surface area (Å²) >= 11 is 0. The van der Waals surface area contributed by atoms with E-state index in [4.69, 9.17) is 4.74 Å². The molecule has 0 spiro atoms. The highest BCUT2D eigenvalue weighted by Crippen LogP contribution is 2.31. The largest absolute Gasteiger partial charge is 0.493 e. The van der Waals surface area contributed by atoms with Crippen LogP contribution in [0.2, 0.25) is 0 Å². The summed E-state index contributed by atoms with van der Waals surface area (Å²) in [5, 5.41) is 6.15. The van der Waals surface area contributed by atoms with E-state index in [1.807, 2.05) is 6.92 Å². The van der Waals surface area contributed by atoms with Gasteiger partial charge in [0.2, 0.25) is 5.95 Å². The second-order valence-electron chi connectivity index (χ2n) is 8.53. The third-order valence-electron chi connectivity index (χ3n) is 5.94. The zero-order chi connectivity index (χ0) is 26.3. The Morgan fingerprint density at radius 2 is 1.92 bits per heavy atom. The van der Waals surface area contributed by atoms with Gasteiger partial charge in [-0.25, -0.2) is 9.97 Å². The van der Waals surface area contributed by atoms with Crippen LogP contribution in [0.5, 0.6) is 0 Å². The van der Waals surface area contributed by atoms with Crippen LogP contribution in [0, 0.1) is 6.92 Å². The van der Waals surface area contributed by atoms with E-state index in [0.717, 1.165) is 23.4 Å². The summed E-state index contributed by atoms with van der Waals surface area (Å²) < 4.78 is 45.5. The van der Waals surface area contributed by atoms with E-state index in [9.17, 15) is 22.8 Å². The van der Waals surface area contributed by atoms with Crippen LogP contribution in [0.1, 0.15) is 21.5 Å². The van der Waals surface area contributed by atoms with Gasteiger partial charge < -0.3 is 19.9 Å². The number of aryl methyl sites for hydroxylation is 1.